The molecule has 1 aromatic rings. The fourth-order valence-corrected chi connectivity index (χ4v) is 1.16. The van der Waals surface area contributed by atoms with Crippen molar-refractivity contribution in [3.8, 4) is 0 Å². The minimum absolute atomic E-state index is 0.0275. The van der Waals surface area contributed by atoms with E-state index in [1.165, 1.54) is 19.2 Å². The number of carbonyl (C=O) groups excluding carboxylic acids is 1. The van der Waals surface area contributed by atoms with Gasteiger partial charge in [0.05, 0.1) is 6.61 Å². The van der Waals surface area contributed by atoms with Crippen LogP contribution in [0.4, 0.5) is 0 Å². The van der Waals surface area contributed by atoms with Gasteiger partial charge in [0.2, 0.25) is 5.76 Å². The van der Waals surface area contributed by atoms with E-state index in [1.807, 2.05) is 0 Å². The maximum absolute atomic E-state index is 11.5. The molecule has 0 aliphatic carbocycles. The van der Waals surface area contributed by atoms with E-state index >= 15 is 0 Å². The average Bonchev–Trinajstić information content (AvgIpc) is 2.66. The van der Waals surface area contributed by atoms with Crippen LogP contribution in [0.25, 0.3) is 0 Å². The number of furan rings is 1. The molecule has 0 saturated carbocycles. The van der Waals surface area contributed by atoms with Crippen molar-refractivity contribution in [3.63, 3.8) is 0 Å². The first-order valence-corrected chi connectivity index (χ1v) is 4.67. The number of carboxylic acids is 1. The second-order valence-corrected chi connectivity index (χ2v) is 3.30. The number of aromatic carboxylic acids is 1. The monoisotopic (exact) mass is 227 g/mol. The Kier molecular flexibility index (Phi) is 4.07. The highest BCUT2D eigenvalue weighted by molar-refractivity contribution is 5.93. The molecular formula is C10H13NO5. The Hall–Kier alpha value is -1.82. The van der Waals surface area contributed by atoms with Crippen molar-refractivity contribution in [2.75, 3.05) is 13.7 Å². The maximum Gasteiger partial charge on any atom is 0.371 e. The van der Waals surface area contributed by atoms with Gasteiger partial charge < -0.3 is 19.6 Å². The molecule has 6 nitrogen and oxygen atoms in total. The lowest BCUT2D eigenvalue weighted by molar-refractivity contribution is 0.0659. The molecule has 0 aromatic carbocycles. The number of nitrogens with one attached hydrogen (secondary N) is 1. The third-order valence-electron chi connectivity index (χ3n) is 1.83. The molecule has 0 aliphatic rings. The van der Waals surface area contributed by atoms with E-state index in [0.29, 0.717) is 6.61 Å². The molecule has 0 saturated heterocycles. The van der Waals surface area contributed by atoms with E-state index in [9.17, 15) is 9.59 Å². The summed E-state index contributed by atoms with van der Waals surface area (Å²) in [5.41, 5.74) is 0. The van der Waals surface area contributed by atoms with Gasteiger partial charge in [-0.25, -0.2) is 4.79 Å². The minimum Gasteiger partial charge on any atom is -0.475 e. The van der Waals surface area contributed by atoms with E-state index in [-0.39, 0.29) is 17.6 Å². The van der Waals surface area contributed by atoms with Crippen molar-refractivity contribution in [2.24, 2.45) is 0 Å². The van der Waals surface area contributed by atoms with Gasteiger partial charge in [-0.05, 0) is 19.1 Å². The molecule has 0 spiro atoms. The van der Waals surface area contributed by atoms with E-state index in [2.05, 4.69) is 5.32 Å². The highest BCUT2D eigenvalue weighted by Gasteiger charge is 2.16. The molecule has 0 aliphatic heterocycles. The van der Waals surface area contributed by atoms with Crippen molar-refractivity contribution in [2.45, 2.75) is 13.0 Å². The summed E-state index contributed by atoms with van der Waals surface area (Å²) < 4.78 is 9.68. The van der Waals surface area contributed by atoms with Crippen LogP contribution in [0.5, 0.6) is 0 Å². The summed E-state index contributed by atoms with van der Waals surface area (Å²) in [6.45, 7) is 2.14. The number of hydrogen-bond donors (Lipinski definition) is 2. The second-order valence-electron chi connectivity index (χ2n) is 3.30. The summed E-state index contributed by atoms with van der Waals surface area (Å²) in [5.74, 6) is -1.95. The Morgan fingerprint density at radius 2 is 2.12 bits per heavy atom. The van der Waals surface area contributed by atoms with Gasteiger partial charge in [-0.1, -0.05) is 0 Å². The summed E-state index contributed by atoms with van der Waals surface area (Å²) in [4.78, 5) is 22.0. The Labute approximate surface area is 92.2 Å². The molecule has 16 heavy (non-hydrogen) atoms. The lowest BCUT2D eigenvalue weighted by atomic mass is 10.3. The highest BCUT2D eigenvalue weighted by atomic mass is 16.5. The molecule has 1 amide bonds. The summed E-state index contributed by atoms with van der Waals surface area (Å²) in [7, 11) is 1.53. The highest BCUT2D eigenvalue weighted by Crippen LogP contribution is 2.07. The van der Waals surface area contributed by atoms with Gasteiger partial charge >= 0.3 is 5.97 Å². The van der Waals surface area contributed by atoms with Crippen LogP contribution in [0.1, 0.15) is 28.0 Å². The van der Waals surface area contributed by atoms with Crippen molar-refractivity contribution in [3.05, 3.63) is 23.7 Å². The summed E-state index contributed by atoms with van der Waals surface area (Å²) >= 11 is 0. The zero-order chi connectivity index (χ0) is 12.1. The number of hydrogen-bond acceptors (Lipinski definition) is 4. The number of rotatable bonds is 5. The van der Waals surface area contributed by atoms with Crippen molar-refractivity contribution < 1.29 is 23.8 Å². The molecular weight excluding hydrogens is 214 g/mol. The lowest BCUT2D eigenvalue weighted by Crippen LogP contribution is -2.35. The molecule has 6 heteroatoms. The zero-order valence-corrected chi connectivity index (χ0v) is 9.02. The predicted molar refractivity (Wildman–Crippen MR) is 54.5 cm³/mol. The van der Waals surface area contributed by atoms with Gasteiger partial charge in [-0.3, -0.25) is 4.79 Å². The van der Waals surface area contributed by atoms with E-state index in [0.717, 1.165) is 0 Å². The van der Waals surface area contributed by atoms with E-state index in [1.54, 1.807) is 6.92 Å². The molecule has 1 aromatic heterocycles. The van der Waals surface area contributed by atoms with Gasteiger partial charge in [-0.2, -0.15) is 0 Å². The van der Waals surface area contributed by atoms with Gasteiger partial charge in [0, 0.05) is 13.2 Å². The Balaban J connectivity index is 2.62. The van der Waals surface area contributed by atoms with Gasteiger partial charge in [0.25, 0.3) is 5.91 Å². The number of amides is 1. The Morgan fingerprint density at radius 3 is 2.62 bits per heavy atom. The first-order valence-electron chi connectivity index (χ1n) is 4.67. The summed E-state index contributed by atoms with van der Waals surface area (Å²) in [6.07, 6.45) is 0. The maximum atomic E-state index is 11.5. The molecule has 1 heterocycles. The summed E-state index contributed by atoms with van der Waals surface area (Å²) in [6, 6.07) is 2.38. The fourth-order valence-electron chi connectivity index (χ4n) is 1.16. The Bertz CT molecular complexity index is 384. The first-order chi connectivity index (χ1) is 7.54. The number of carbonyl (C=O) groups is 2. The van der Waals surface area contributed by atoms with Crippen LogP contribution in [0.15, 0.2) is 16.5 Å². The normalized spacial score (nSPS) is 12.1. The SMILES string of the molecule is COC[C@@H](C)NC(=O)c1ccc(C(=O)O)o1. The quantitative estimate of drug-likeness (QED) is 0.774. The standard InChI is InChI=1S/C10H13NO5/c1-6(5-15-2)11-9(12)7-3-4-8(16-7)10(13)14/h3-4,6H,5H2,1-2H3,(H,11,12)(H,13,14)/t6-/m1/s1. The number of ether oxygens (including phenoxy) is 1. The van der Waals surface area contributed by atoms with Crippen molar-refractivity contribution >= 4 is 11.9 Å². The van der Waals surface area contributed by atoms with Crippen molar-refractivity contribution in [1.82, 2.24) is 5.32 Å². The molecule has 88 valence electrons. The van der Waals surface area contributed by atoms with Crippen LogP contribution in [0.3, 0.4) is 0 Å². The summed E-state index contributed by atoms with van der Waals surface area (Å²) in [5, 5.41) is 11.2. The van der Waals surface area contributed by atoms with Crippen LogP contribution >= 0.6 is 0 Å². The third kappa shape index (κ3) is 3.09. The molecule has 0 radical (unpaired) electrons. The third-order valence-corrected chi connectivity index (χ3v) is 1.83. The molecule has 2 N–H and O–H groups in total. The van der Waals surface area contributed by atoms with Crippen LogP contribution < -0.4 is 5.32 Å². The molecule has 0 fully saturated rings. The van der Waals surface area contributed by atoms with Gasteiger partial charge in [0.1, 0.15) is 0 Å². The number of methoxy groups -OCH3 is 1. The lowest BCUT2D eigenvalue weighted by Gasteiger charge is -2.10. The van der Waals surface area contributed by atoms with Crippen molar-refractivity contribution in [1.29, 1.82) is 0 Å². The molecule has 1 atom stereocenters. The smallest absolute Gasteiger partial charge is 0.371 e. The van der Waals surface area contributed by atoms with Crippen LogP contribution in [-0.2, 0) is 4.74 Å². The minimum atomic E-state index is -1.20. The molecule has 0 bridgehead atoms. The fraction of sp³-hybridized carbons (Fsp3) is 0.400. The van der Waals surface area contributed by atoms with E-state index in [4.69, 9.17) is 14.3 Å². The molecule has 0 unspecified atom stereocenters. The predicted octanol–water partition coefficient (Wildman–Crippen LogP) is 0.743. The first kappa shape index (κ1) is 12.3. The number of carboxylic acid groups (broad SMARTS) is 1. The Morgan fingerprint density at radius 1 is 1.50 bits per heavy atom. The van der Waals surface area contributed by atoms with Crippen LogP contribution in [-0.4, -0.2) is 36.7 Å². The zero-order valence-electron chi connectivity index (χ0n) is 9.02. The largest absolute Gasteiger partial charge is 0.475 e. The van der Waals surface area contributed by atoms with Gasteiger partial charge in [-0.15, -0.1) is 0 Å². The second kappa shape index (κ2) is 5.32. The topological polar surface area (TPSA) is 88.8 Å². The average molecular weight is 227 g/mol. The molecule has 1 rings (SSSR count). The van der Waals surface area contributed by atoms with E-state index < -0.39 is 11.9 Å². The van der Waals surface area contributed by atoms with Crippen LogP contribution in [0.2, 0.25) is 0 Å². The van der Waals surface area contributed by atoms with Crippen LogP contribution in [0, 0.1) is 0 Å². The van der Waals surface area contributed by atoms with Gasteiger partial charge in [0.15, 0.2) is 5.76 Å².